The molecule has 1 aromatic carbocycles. The first kappa shape index (κ1) is 14.5. The van der Waals surface area contributed by atoms with E-state index in [1.807, 2.05) is 12.1 Å². The Kier molecular flexibility index (Phi) is 4.38. The molecule has 0 aliphatic heterocycles. The number of allylic oxidation sites excluding steroid dienone is 8. The molecule has 2 aliphatic rings. The molecule has 0 heterocycles. The SMILES string of the molecule is O=[N+]([O-])c1ccc(C2=C(C3=[C-]CC=C3)CC=C2)cc1.[Fe]. The van der Waals surface area contributed by atoms with Gasteiger partial charge in [0.1, 0.15) is 0 Å². The molecule has 3 rings (SSSR count). The Bertz CT molecular complexity index is 652. The van der Waals surface area contributed by atoms with Crippen molar-refractivity contribution in [3.05, 3.63) is 81.5 Å². The van der Waals surface area contributed by atoms with Crippen LogP contribution in [0.2, 0.25) is 0 Å². The summed E-state index contributed by atoms with van der Waals surface area (Å²) in [7, 11) is 0. The molecule has 0 unspecified atom stereocenters. The first-order valence-electron chi connectivity index (χ1n) is 6.18. The van der Waals surface area contributed by atoms with Crippen molar-refractivity contribution >= 4 is 11.3 Å². The summed E-state index contributed by atoms with van der Waals surface area (Å²) in [5.41, 5.74) is 4.69. The average Bonchev–Trinajstić information content (AvgIpc) is 3.09. The summed E-state index contributed by atoms with van der Waals surface area (Å²) in [6.45, 7) is 0. The van der Waals surface area contributed by atoms with Crippen molar-refractivity contribution in [2.75, 3.05) is 0 Å². The van der Waals surface area contributed by atoms with E-state index < -0.39 is 0 Å². The monoisotopic (exact) mass is 306 g/mol. The molecule has 20 heavy (non-hydrogen) atoms. The van der Waals surface area contributed by atoms with E-state index in [4.69, 9.17) is 0 Å². The molecule has 2 aliphatic carbocycles. The zero-order valence-electron chi connectivity index (χ0n) is 10.7. The Morgan fingerprint density at radius 3 is 2.45 bits per heavy atom. The molecule has 0 N–H and O–H groups in total. The molecule has 0 spiro atoms. The van der Waals surface area contributed by atoms with Crippen molar-refractivity contribution in [3.8, 4) is 0 Å². The first-order valence-corrected chi connectivity index (χ1v) is 6.18. The van der Waals surface area contributed by atoms with Crippen LogP contribution in [0.4, 0.5) is 5.69 Å². The fourth-order valence-electron chi connectivity index (χ4n) is 2.41. The second-order valence-electron chi connectivity index (χ2n) is 4.50. The summed E-state index contributed by atoms with van der Waals surface area (Å²) in [6.07, 6.45) is 13.5. The number of nitrogens with zero attached hydrogens (tertiary/aromatic N) is 1. The predicted molar refractivity (Wildman–Crippen MR) is 74.3 cm³/mol. The maximum Gasteiger partial charge on any atom is 0.269 e. The van der Waals surface area contributed by atoms with E-state index in [9.17, 15) is 10.1 Å². The van der Waals surface area contributed by atoms with E-state index in [1.165, 1.54) is 5.57 Å². The molecular weight excluding hydrogens is 294 g/mol. The minimum atomic E-state index is -0.375. The van der Waals surface area contributed by atoms with Gasteiger partial charge in [0, 0.05) is 29.2 Å². The Labute approximate surface area is 128 Å². The topological polar surface area (TPSA) is 43.1 Å². The minimum absolute atomic E-state index is 0. The van der Waals surface area contributed by atoms with Crippen molar-refractivity contribution in [3.63, 3.8) is 0 Å². The standard InChI is InChI=1S/C16H12NO2.Fe/c18-17(19)14-10-8-13(9-11-14)16-7-3-6-15(16)12-4-1-2-5-12;/h1,3-4,7-11H,2,6H2;/q-1;. The molecule has 0 fully saturated rings. The average molecular weight is 306 g/mol. The Morgan fingerprint density at radius 1 is 1.10 bits per heavy atom. The molecular formula is C16H12FeNO2-. The van der Waals surface area contributed by atoms with Crippen LogP contribution in [0.15, 0.2) is 59.7 Å². The van der Waals surface area contributed by atoms with Crippen LogP contribution >= 0.6 is 0 Å². The summed E-state index contributed by atoms with van der Waals surface area (Å²) >= 11 is 0. The fourth-order valence-corrected chi connectivity index (χ4v) is 2.41. The van der Waals surface area contributed by atoms with Gasteiger partial charge in [0.2, 0.25) is 0 Å². The molecule has 0 aromatic heterocycles. The zero-order chi connectivity index (χ0) is 13.2. The molecule has 102 valence electrons. The van der Waals surface area contributed by atoms with Gasteiger partial charge in [-0.15, -0.1) is 11.6 Å². The smallest absolute Gasteiger partial charge is 0.258 e. The van der Waals surface area contributed by atoms with Gasteiger partial charge in [-0.05, 0) is 17.7 Å². The van der Waals surface area contributed by atoms with Crippen molar-refractivity contribution in [2.24, 2.45) is 0 Å². The van der Waals surface area contributed by atoms with Crippen molar-refractivity contribution < 1.29 is 22.0 Å². The van der Waals surface area contributed by atoms with Crippen LogP contribution < -0.4 is 0 Å². The molecule has 0 atom stereocenters. The third-order valence-corrected chi connectivity index (χ3v) is 3.34. The van der Waals surface area contributed by atoms with Gasteiger partial charge in [-0.25, -0.2) is 0 Å². The summed E-state index contributed by atoms with van der Waals surface area (Å²) < 4.78 is 0. The number of rotatable bonds is 3. The van der Waals surface area contributed by atoms with Crippen molar-refractivity contribution in [1.82, 2.24) is 0 Å². The van der Waals surface area contributed by atoms with E-state index >= 15 is 0 Å². The number of benzene rings is 1. The molecule has 0 saturated carbocycles. The van der Waals surface area contributed by atoms with Crippen LogP contribution in [0.25, 0.3) is 5.57 Å². The number of hydrogen-bond donors (Lipinski definition) is 0. The normalized spacial score (nSPS) is 16.3. The molecule has 1 aromatic rings. The van der Waals surface area contributed by atoms with Crippen LogP contribution in [0.3, 0.4) is 0 Å². The quantitative estimate of drug-likeness (QED) is 0.367. The summed E-state index contributed by atoms with van der Waals surface area (Å²) in [5, 5.41) is 10.7. The van der Waals surface area contributed by atoms with Gasteiger partial charge in [0.05, 0.1) is 4.92 Å². The van der Waals surface area contributed by atoms with E-state index in [2.05, 4.69) is 30.4 Å². The van der Waals surface area contributed by atoms with Crippen LogP contribution in [0, 0.1) is 16.2 Å². The third kappa shape index (κ3) is 2.67. The van der Waals surface area contributed by atoms with E-state index in [0.717, 1.165) is 29.6 Å². The maximum atomic E-state index is 10.7. The largest absolute Gasteiger partial charge is 0.269 e. The van der Waals surface area contributed by atoms with Gasteiger partial charge >= 0.3 is 0 Å². The molecule has 3 nitrogen and oxygen atoms in total. The maximum absolute atomic E-state index is 10.7. The van der Waals surface area contributed by atoms with Crippen molar-refractivity contribution in [2.45, 2.75) is 12.8 Å². The molecule has 0 bridgehead atoms. The number of non-ortho nitro benzene ring substituents is 1. The van der Waals surface area contributed by atoms with Crippen LogP contribution in [-0.2, 0) is 17.1 Å². The Morgan fingerprint density at radius 2 is 1.85 bits per heavy atom. The third-order valence-electron chi connectivity index (χ3n) is 3.34. The van der Waals surface area contributed by atoms with Gasteiger partial charge in [0.25, 0.3) is 5.69 Å². The second-order valence-corrected chi connectivity index (χ2v) is 4.50. The summed E-state index contributed by atoms with van der Waals surface area (Å²) in [5.74, 6) is 0. The van der Waals surface area contributed by atoms with Crippen LogP contribution in [0.5, 0.6) is 0 Å². The van der Waals surface area contributed by atoms with Crippen LogP contribution in [-0.4, -0.2) is 4.92 Å². The zero-order valence-corrected chi connectivity index (χ0v) is 11.8. The first-order chi connectivity index (χ1) is 9.25. The molecule has 0 saturated heterocycles. The second kappa shape index (κ2) is 6.04. The Hall–Kier alpha value is -1.90. The number of nitro benzene ring substituents is 1. The molecule has 0 radical (unpaired) electrons. The van der Waals surface area contributed by atoms with E-state index in [1.54, 1.807) is 12.1 Å². The minimum Gasteiger partial charge on any atom is -0.258 e. The van der Waals surface area contributed by atoms with E-state index in [0.29, 0.717) is 0 Å². The van der Waals surface area contributed by atoms with Gasteiger partial charge in [-0.3, -0.25) is 10.1 Å². The Balaban J connectivity index is 0.00000147. The van der Waals surface area contributed by atoms with Gasteiger partial charge < -0.3 is 0 Å². The fraction of sp³-hybridized carbons (Fsp3) is 0.125. The van der Waals surface area contributed by atoms with E-state index in [-0.39, 0.29) is 27.7 Å². The van der Waals surface area contributed by atoms with Gasteiger partial charge in [-0.2, -0.15) is 17.7 Å². The number of nitro groups is 1. The number of hydrogen-bond acceptors (Lipinski definition) is 2. The predicted octanol–water partition coefficient (Wildman–Crippen LogP) is 4.00. The van der Waals surface area contributed by atoms with Gasteiger partial charge in [0.15, 0.2) is 0 Å². The summed E-state index contributed by atoms with van der Waals surface area (Å²) in [4.78, 5) is 10.3. The van der Waals surface area contributed by atoms with Crippen LogP contribution in [0.1, 0.15) is 18.4 Å². The summed E-state index contributed by atoms with van der Waals surface area (Å²) in [6, 6.07) is 6.72. The molecule has 4 heteroatoms. The van der Waals surface area contributed by atoms with Gasteiger partial charge in [-0.1, -0.05) is 30.6 Å². The van der Waals surface area contributed by atoms with Crippen molar-refractivity contribution in [1.29, 1.82) is 0 Å². The molecule has 0 amide bonds.